The van der Waals surface area contributed by atoms with Crippen molar-refractivity contribution in [1.82, 2.24) is 0 Å². The number of carbonyl (C=O) groups is 2. The minimum atomic E-state index is -0.969. The van der Waals surface area contributed by atoms with E-state index in [9.17, 15) is 9.59 Å². The van der Waals surface area contributed by atoms with Gasteiger partial charge < -0.3 is 14.9 Å². The van der Waals surface area contributed by atoms with E-state index >= 15 is 0 Å². The molecule has 5 nitrogen and oxygen atoms in total. The first kappa shape index (κ1) is 13.4. The Morgan fingerprint density at radius 1 is 1.42 bits per heavy atom. The van der Waals surface area contributed by atoms with Crippen LogP contribution in [0.2, 0.25) is 0 Å². The summed E-state index contributed by atoms with van der Waals surface area (Å²) >= 11 is 0. The number of aromatic carboxylic acids is 1. The molecule has 0 saturated heterocycles. The topological polar surface area (TPSA) is 83.8 Å². The lowest BCUT2D eigenvalue weighted by Crippen LogP contribution is -2.26. The third-order valence-electron chi connectivity index (χ3n) is 3.49. The first-order valence-electron chi connectivity index (χ1n) is 6.26. The highest BCUT2D eigenvalue weighted by molar-refractivity contribution is 5.88. The van der Waals surface area contributed by atoms with Crippen molar-refractivity contribution in [2.24, 2.45) is 5.92 Å². The fourth-order valence-electron chi connectivity index (χ4n) is 2.43. The number of hydrogen-bond donors (Lipinski definition) is 2. The van der Waals surface area contributed by atoms with Crippen LogP contribution in [-0.2, 0) is 11.2 Å². The molecule has 1 heterocycles. The predicted molar refractivity (Wildman–Crippen MR) is 67.6 cm³/mol. The van der Waals surface area contributed by atoms with Crippen LogP contribution in [0.5, 0.6) is 5.75 Å². The van der Waals surface area contributed by atoms with Gasteiger partial charge in [-0.25, -0.2) is 4.79 Å². The molecule has 1 aromatic rings. The number of ether oxygens (including phenoxy) is 1. The van der Waals surface area contributed by atoms with Gasteiger partial charge in [-0.2, -0.15) is 0 Å². The molecule has 1 aliphatic rings. The number of aliphatic carboxylic acids is 1. The summed E-state index contributed by atoms with van der Waals surface area (Å²) in [6.45, 7) is 1.93. The Morgan fingerprint density at radius 3 is 2.74 bits per heavy atom. The monoisotopic (exact) mass is 264 g/mol. The summed E-state index contributed by atoms with van der Waals surface area (Å²) in [4.78, 5) is 21.7. The van der Waals surface area contributed by atoms with Crippen LogP contribution in [0.4, 0.5) is 0 Å². The molecule has 2 rings (SSSR count). The summed E-state index contributed by atoms with van der Waals surface area (Å²) in [6.07, 6.45) is 1.18. The van der Waals surface area contributed by atoms with Gasteiger partial charge in [0, 0.05) is 12.3 Å². The fourth-order valence-corrected chi connectivity index (χ4v) is 2.43. The van der Waals surface area contributed by atoms with Gasteiger partial charge in [-0.1, -0.05) is 6.92 Å². The van der Waals surface area contributed by atoms with Gasteiger partial charge >= 0.3 is 11.9 Å². The minimum absolute atomic E-state index is 0.0572. The first-order valence-corrected chi connectivity index (χ1v) is 6.26. The normalized spacial score (nSPS) is 18.5. The van der Waals surface area contributed by atoms with Crippen molar-refractivity contribution >= 4 is 11.9 Å². The van der Waals surface area contributed by atoms with Crippen molar-refractivity contribution < 1.29 is 24.5 Å². The molecule has 0 amide bonds. The average Bonchev–Trinajstić information content (AvgIpc) is 2.77. The number of carboxylic acids is 2. The van der Waals surface area contributed by atoms with E-state index in [0.29, 0.717) is 12.2 Å². The molecule has 0 aliphatic carbocycles. The minimum Gasteiger partial charge on any atom is -0.489 e. The maximum absolute atomic E-state index is 10.9. The van der Waals surface area contributed by atoms with Crippen molar-refractivity contribution in [2.45, 2.75) is 32.3 Å². The van der Waals surface area contributed by atoms with Gasteiger partial charge in [0.1, 0.15) is 11.9 Å². The second-order valence-corrected chi connectivity index (χ2v) is 4.75. The van der Waals surface area contributed by atoms with Crippen LogP contribution in [0.15, 0.2) is 18.2 Å². The summed E-state index contributed by atoms with van der Waals surface area (Å²) in [5.41, 5.74) is 1.07. The van der Waals surface area contributed by atoms with Gasteiger partial charge in [0.2, 0.25) is 0 Å². The molecule has 1 aliphatic heterocycles. The van der Waals surface area contributed by atoms with Crippen molar-refractivity contribution in [3.63, 3.8) is 0 Å². The van der Waals surface area contributed by atoms with Crippen LogP contribution in [0, 0.1) is 5.92 Å². The smallest absolute Gasteiger partial charge is 0.335 e. The molecule has 102 valence electrons. The lowest BCUT2D eigenvalue weighted by atomic mass is 9.92. The highest BCUT2D eigenvalue weighted by Crippen LogP contribution is 2.34. The fraction of sp³-hybridized carbons (Fsp3) is 0.429. The molecule has 0 spiro atoms. The largest absolute Gasteiger partial charge is 0.489 e. The SMILES string of the molecule is CCC(CC(=O)O)C1Cc2cc(C(=O)O)ccc2O1. The van der Waals surface area contributed by atoms with Gasteiger partial charge in [0.15, 0.2) is 0 Å². The summed E-state index contributed by atoms with van der Waals surface area (Å²) in [5.74, 6) is -1.20. The maximum Gasteiger partial charge on any atom is 0.335 e. The molecular formula is C14H16O5. The van der Waals surface area contributed by atoms with E-state index in [1.54, 1.807) is 12.1 Å². The van der Waals surface area contributed by atoms with E-state index in [2.05, 4.69) is 0 Å². The second kappa shape index (κ2) is 5.30. The van der Waals surface area contributed by atoms with Gasteiger partial charge in [-0.15, -0.1) is 0 Å². The molecule has 2 unspecified atom stereocenters. The number of rotatable bonds is 5. The quantitative estimate of drug-likeness (QED) is 0.851. The zero-order valence-corrected chi connectivity index (χ0v) is 10.6. The Morgan fingerprint density at radius 2 is 2.16 bits per heavy atom. The highest BCUT2D eigenvalue weighted by atomic mass is 16.5. The molecule has 0 bridgehead atoms. The third kappa shape index (κ3) is 2.86. The van der Waals surface area contributed by atoms with E-state index in [1.807, 2.05) is 6.92 Å². The van der Waals surface area contributed by atoms with Crippen molar-refractivity contribution in [1.29, 1.82) is 0 Å². The molecule has 2 N–H and O–H groups in total. The molecule has 0 radical (unpaired) electrons. The lowest BCUT2D eigenvalue weighted by Gasteiger charge is -2.19. The summed E-state index contributed by atoms with van der Waals surface area (Å²) < 4.78 is 5.74. The predicted octanol–water partition coefficient (Wildman–Crippen LogP) is 2.19. The second-order valence-electron chi connectivity index (χ2n) is 4.75. The van der Waals surface area contributed by atoms with Crippen LogP contribution in [0.25, 0.3) is 0 Å². The van der Waals surface area contributed by atoms with E-state index in [1.165, 1.54) is 6.07 Å². The Hall–Kier alpha value is -2.04. The third-order valence-corrected chi connectivity index (χ3v) is 3.49. The Balaban J connectivity index is 2.14. The summed E-state index contributed by atoms with van der Waals surface area (Å²) in [5, 5.41) is 17.8. The number of hydrogen-bond acceptors (Lipinski definition) is 3. The first-order chi connectivity index (χ1) is 9.01. The zero-order valence-electron chi connectivity index (χ0n) is 10.6. The summed E-state index contributed by atoms with van der Waals surface area (Å²) in [6, 6.07) is 4.75. The van der Waals surface area contributed by atoms with Gasteiger partial charge in [-0.05, 0) is 30.2 Å². The van der Waals surface area contributed by atoms with Crippen molar-refractivity contribution in [3.05, 3.63) is 29.3 Å². The van der Waals surface area contributed by atoms with Crippen LogP contribution < -0.4 is 4.74 Å². The van der Waals surface area contributed by atoms with Crippen LogP contribution >= 0.6 is 0 Å². The van der Waals surface area contributed by atoms with Gasteiger partial charge in [0.05, 0.1) is 12.0 Å². The van der Waals surface area contributed by atoms with Gasteiger partial charge in [0.25, 0.3) is 0 Å². The molecule has 0 saturated carbocycles. The molecular weight excluding hydrogens is 248 g/mol. The van der Waals surface area contributed by atoms with E-state index in [0.717, 1.165) is 12.0 Å². The maximum atomic E-state index is 10.9. The van der Waals surface area contributed by atoms with Crippen LogP contribution in [0.3, 0.4) is 0 Å². The molecule has 5 heteroatoms. The standard InChI is InChI=1S/C14H16O5/c1-2-8(7-13(15)16)12-6-10-5-9(14(17)18)3-4-11(10)19-12/h3-5,8,12H,2,6-7H2,1H3,(H,15,16)(H,17,18). The lowest BCUT2D eigenvalue weighted by molar-refractivity contribution is -0.138. The van der Waals surface area contributed by atoms with E-state index < -0.39 is 11.9 Å². The zero-order chi connectivity index (χ0) is 14.0. The molecule has 1 aromatic carbocycles. The van der Waals surface area contributed by atoms with Crippen molar-refractivity contribution in [3.8, 4) is 5.75 Å². The molecule has 0 aromatic heterocycles. The van der Waals surface area contributed by atoms with Crippen LogP contribution in [0.1, 0.15) is 35.7 Å². The number of benzene rings is 1. The Kier molecular flexibility index (Phi) is 3.74. The molecule has 0 fully saturated rings. The molecule has 2 atom stereocenters. The number of carboxylic acid groups (broad SMARTS) is 2. The average molecular weight is 264 g/mol. The van der Waals surface area contributed by atoms with E-state index in [4.69, 9.17) is 14.9 Å². The Labute approximate surface area is 110 Å². The highest BCUT2D eigenvalue weighted by Gasteiger charge is 2.31. The summed E-state index contributed by atoms with van der Waals surface area (Å²) in [7, 11) is 0. The number of fused-ring (bicyclic) bond motifs is 1. The Bertz CT molecular complexity index is 509. The van der Waals surface area contributed by atoms with Crippen LogP contribution in [-0.4, -0.2) is 28.3 Å². The van der Waals surface area contributed by atoms with Gasteiger partial charge in [-0.3, -0.25) is 4.79 Å². The van der Waals surface area contributed by atoms with E-state index in [-0.39, 0.29) is 24.0 Å². The molecule has 19 heavy (non-hydrogen) atoms. The van der Waals surface area contributed by atoms with Crippen molar-refractivity contribution in [2.75, 3.05) is 0 Å².